The number of anilines is 1. The van der Waals surface area contributed by atoms with E-state index in [0.29, 0.717) is 19.7 Å². The summed E-state index contributed by atoms with van der Waals surface area (Å²) in [7, 11) is 0. The molecule has 1 aliphatic heterocycles. The van der Waals surface area contributed by atoms with Crippen LogP contribution in [0.3, 0.4) is 0 Å². The molecule has 1 aromatic heterocycles. The van der Waals surface area contributed by atoms with E-state index in [1.54, 1.807) is 0 Å². The van der Waals surface area contributed by atoms with Gasteiger partial charge in [-0.15, -0.1) is 0 Å². The fourth-order valence-electron chi connectivity index (χ4n) is 3.01. The number of nitrogens with one attached hydrogen (secondary N) is 2. The van der Waals surface area contributed by atoms with E-state index in [1.807, 2.05) is 36.5 Å². The molecular formula is C21H29N5O. The molecule has 6 nitrogen and oxygen atoms in total. The summed E-state index contributed by atoms with van der Waals surface area (Å²) in [5.74, 6) is 2.74. The molecule has 3 rings (SSSR count). The molecule has 0 saturated carbocycles. The van der Waals surface area contributed by atoms with Gasteiger partial charge >= 0.3 is 0 Å². The van der Waals surface area contributed by atoms with Gasteiger partial charge in [0.1, 0.15) is 18.2 Å². The molecule has 0 aliphatic carbocycles. The highest BCUT2D eigenvalue weighted by molar-refractivity contribution is 5.79. The summed E-state index contributed by atoms with van der Waals surface area (Å²) in [5.41, 5.74) is 1.11. The highest BCUT2D eigenvalue weighted by Gasteiger charge is 2.12. The van der Waals surface area contributed by atoms with E-state index in [4.69, 9.17) is 4.74 Å². The molecule has 6 heteroatoms. The van der Waals surface area contributed by atoms with Gasteiger partial charge in [0, 0.05) is 25.8 Å². The van der Waals surface area contributed by atoms with Gasteiger partial charge in [-0.25, -0.2) is 9.98 Å². The van der Waals surface area contributed by atoms with Crippen molar-refractivity contribution in [2.45, 2.75) is 26.3 Å². The van der Waals surface area contributed by atoms with E-state index in [-0.39, 0.29) is 0 Å². The van der Waals surface area contributed by atoms with Crippen molar-refractivity contribution >= 4 is 11.8 Å². The SMILES string of the molecule is CCNC(=NCc1ccc(N2CCCC2)nc1)NCCOc1ccccc1. The van der Waals surface area contributed by atoms with Gasteiger partial charge in [-0.3, -0.25) is 0 Å². The monoisotopic (exact) mass is 367 g/mol. The number of para-hydroxylation sites is 1. The maximum Gasteiger partial charge on any atom is 0.191 e. The average molecular weight is 367 g/mol. The summed E-state index contributed by atoms with van der Waals surface area (Å²) in [4.78, 5) is 11.6. The third-order valence-electron chi connectivity index (χ3n) is 4.41. The summed E-state index contributed by atoms with van der Waals surface area (Å²) >= 11 is 0. The minimum Gasteiger partial charge on any atom is -0.492 e. The predicted molar refractivity (Wildman–Crippen MR) is 110 cm³/mol. The fraction of sp³-hybridized carbons (Fsp3) is 0.429. The number of guanidine groups is 1. The van der Waals surface area contributed by atoms with Crippen molar-refractivity contribution in [3.8, 4) is 5.75 Å². The number of rotatable bonds is 8. The van der Waals surface area contributed by atoms with Crippen molar-refractivity contribution in [1.82, 2.24) is 15.6 Å². The molecule has 1 saturated heterocycles. The van der Waals surface area contributed by atoms with E-state index < -0.39 is 0 Å². The lowest BCUT2D eigenvalue weighted by atomic mass is 10.3. The highest BCUT2D eigenvalue weighted by atomic mass is 16.5. The Kier molecular flexibility index (Phi) is 7.33. The predicted octanol–water partition coefficient (Wildman–Crippen LogP) is 2.82. The molecule has 0 atom stereocenters. The Morgan fingerprint density at radius 3 is 2.63 bits per heavy atom. The Balaban J connectivity index is 1.46. The maximum atomic E-state index is 5.70. The summed E-state index contributed by atoms with van der Waals surface area (Å²) in [6.45, 7) is 6.98. The topological polar surface area (TPSA) is 61.8 Å². The lowest BCUT2D eigenvalue weighted by molar-refractivity contribution is 0.322. The number of hydrogen-bond donors (Lipinski definition) is 2. The van der Waals surface area contributed by atoms with Gasteiger partial charge < -0.3 is 20.3 Å². The molecule has 0 amide bonds. The fourth-order valence-corrected chi connectivity index (χ4v) is 3.01. The van der Waals surface area contributed by atoms with Crippen molar-refractivity contribution in [2.75, 3.05) is 37.7 Å². The largest absolute Gasteiger partial charge is 0.492 e. The van der Waals surface area contributed by atoms with Crippen molar-refractivity contribution in [3.63, 3.8) is 0 Å². The Bertz CT molecular complexity index is 696. The first-order valence-corrected chi connectivity index (χ1v) is 9.75. The zero-order valence-electron chi connectivity index (χ0n) is 16.0. The standard InChI is InChI=1S/C21H29N5O/c1-2-22-21(23-12-15-27-19-8-4-3-5-9-19)25-17-18-10-11-20(24-16-18)26-13-6-7-14-26/h3-5,8-11,16H,2,6-7,12-15,17H2,1H3,(H2,22,23,25). The first-order valence-electron chi connectivity index (χ1n) is 9.75. The van der Waals surface area contributed by atoms with Gasteiger partial charge in [-0.2, -0.15) is 0 Å². The van der Waals surface area contributed by atoms with Gasteiger partial charge in [0.25, 0.3) is 0 Å². The van der Waals surface area contributed by atoms with E-state index in [9.17, 15) is 0 Å². The molecule has 0 bridgehead atoms. The van der Waals surface area contributed by atoms with Crippen LogP contribution in [0.5, 0.6) is 5.75 Å². The van der Waals surface area contributed by atoms with Gasteiger partial charge in [-0.1, -0.05) is 24.3 Å². The summed E-state index contributed by atoms with van der Waals surface area (Å²) in [6.07, 6.45) is 4.46. The zero-order valence-corrected chi connectivity index (χ0v) is 16.0. The Hall–Kier alpha value is -2.76. The minimum absolute atomic E-state index is 0.584. The molecule has 27 heavy (non-hydrogen) atoms. The number of nitrogens with zero attached hydrogens (tertiary/aromatic N) is 3. The second-order valence-corrected chi connectivity index (χ2v) is 6.50. The molecule has 1 fully saturated rings. The minimum atomic E-state index is 0.584. The van der Waals surface area contributed by atoms with Crippen LogP contribution in [-0.2, 0) is 6.54 Å². The van der Waals surface area contributed by atoms with Crippen molar-refractivity contribution < 1.29 is 4.74 Å². The molecule has 0 spiro atoms. The van der Waals surface area contributed by atoms with Crippen LogP contribution in [0.1, 0.15) is 25.3 Å². The molecule has 1 aliphatic rings. The molecule has 144 valence electrons. The van der Waals surface area contributed by atoms with Crippen molar-refractivity contribution in [2.24, 2.45) is 4.99 Å². The number of aromatic nitrogens is 1. The summed E-state index contributed by atoms with van der Waals surface area (Å²) in [5, 5.41) is 6.56. The van der Waals surface area contributed by atoms with E-state index in [2.05, 4.69) is 44.6 Å². The second kappa shape index (κ2) is 10.4. The van der Waals surface area contributed by atoms with Crippen LogP contribution in [0.25, 0.3) is 0 Å². The van der Waals surface area contributed by atoms with Crippen LogP contribution in [0.2, 0.25) is 0 Å². The second-order valence-electron chi connectivity index (χ2n) is 6.50. The van der Waals surface area contributed by atoms with Crippen LogP contribution in [-0.4, -0.2) is 43.7 Å². The smallest absolute Gasteiger partial charge is 0.191 e. The highest BCUT2D eigenvalue weighted by Crippen LogP contribution is 2.17. The Morgan fingerprint density at radius 1 is 1.11 bits per heavy atom. The summed E-state index contributed by atoms with van der Waals surface area (Å²) < 4.78 is 5.70. The van der Waals surface area contributed by atoms with Gasteiger partial charge in [0.2, 0.25) is 0 Å². The number of pyridine rings is 1. The van der Waals surface area contributed by atoms with Crippen LogP contribution in [0, 0.1) is 0 Å². The molecule has 2 N–H and O–H groups in total. The lowest BCUT2D eigenvalue weighted by Crippen LogP contribution is -2.39. The Labute approximate surface area is 161 Å². The van der Waals surface area contributed by atoms with E-state index >= 15 is 0 Å². The van der Waals surface area contributed by atoms with Crippen LogP contribution in [0.4, 0.5) is 5.82 Å². The zero-order chi connectivity index (χ0) is 18.7. The molecule has 2 aromatic rings. The van der Waals surface area contributed by atoms with Gasteiger partial charge in [0.15, 0.2) is 5.96 Å². The first-order chi connectivity index (χ1) is 13.3. The summed E-state index contributed by atoms with van der Waals surface area (Å²) in [6, 6.07) is 14.1. The van der Waals surface area contributed by atoms with E-state index in [0.717, 1.165) is 42.7 Å². The number of ether oxygens (including phenoxy) is 1. The van der Waals surface area contributed by atoms with Gasteiger partial charge in [-0.05, 0) is 43.5 Å². The molecule has 0 radical (unpaired) electrons. The number of hydrogen-bond acceptors (Lipinski definition) is 4. The third kappa shape index (κ3) is 6.16. The van der Waals surface area contributed by atoms with Gasteiger partial charge in [0.05, 0.1) is 13.1 Å². The molecule has 2 heterocycles. The maximum absolute atomic E-state index is 5.70. The van der Waals surface area contributed by atoms with Crippen molar-refractivity contribution in [1.29, 1.82) is 0 Å². The first kappa shape index (κ1) is 19.0. The molecule has 0 unspecified atom stereocenters. The third-order valence-corrected chi connectivity index (χ3v) is 4.41. The normalized spacial score (nSPS) is 14.3. The number of benzene rings is 1. The number of aliphatic imine (C=N–C) groups is 1. The molecular weight excluding hydrogens is 338 g/mol. The van der Waals surface area contributed by atoms with Crippen LogP contribution >= 0.6 is 0 Å². The van der Waals surface area contributed by atoms with Crippen molar-refractivity contribution in [3.05, 3.63) is 54.2 Å². The quantitative estimate of drug-likeness (QED) is 0.427. The molecule has 1 aromatic carbocycles. The van der Waals surface area contributed by atoms with Crippen LogP contribution < -0.4 is 20.3 Å². The Morgan fingerprint density at radius 2 is 1.93 bits per heavy atom. The average Bonchev–Trinajstić information content (AvgIpc) is 3.25. The van der Waals surface area contributed by atoms with E-state index in [1.165, 1.54) is 12.8 Å². The van der Waals surface area contributed by atoms with Crippen LogP contribution in [0.15, 0.2) is 53.7 Å². The lowest BCUT2D eigenvalue weighted by Gasteiger charge is -2.16.